The topological polar surface area (TPSA) is 150 Å². The Balaban J connectivity index is 0.000000110. The van der Waals surface area contributed by atoms with Gasteiger partial charge in [-0.05, 0) is 257 Å². The second kappa shape index (κ2) is 31.7. The fourth-order valence-electron chi connectivity index (χ4n) is 22.3. The standard InChI is InChI=1S/C33H31N3O.C29H29N3O.2C25H29N5O/c1-21-18-19-25-24-13-7-11-17-29(24)37-32(25)31(21)35-22(2)36(28-16-10-9-15-27(28)35)33(3,4)30-20-23-12-6-8-14-26(23)34(30)5;1-19-16-17-22-21-11-6-9-14-25(21)33-28(22)27(19)31-20(2)32(24-13-8-7-12-23(24)31)29(3,4)26-15-10-18-30(26)5;1-15-8-10-19-20-11-9-16(2)27-24(20)31-23(19)22(15)29-12-13-30(18(29)4)25(5,6)21-14-26-17(3)28(21)7;1-15-8-10-19-20-11-9-16(2)26-24(20)31-23(19)22(15)29-12-13-30(18(29)4)25(5,6)21-14-17(3)27-28(21)7/h6-20,22H,1-5H3;6-18,20H,1-5H3;2*8-14,18H,1-7H3/t22-;20-;2*18-/m1111/s1. The first-order valence-electron chi connectivity index (χ1n) is 46.1. The van der Waals surface area contributed by atoms with E-state index in [1.807, 2.05) is 69.9 Å². The Morgan fingerprint density at radius 2 is 0.735 bits per heavy atom. The quantitative estimate of drug-likeness (QED) is 0.114. The molecule has 670 valence electrons. The highest BCUT2D eigenvalue weighted by molar-refractivity contribution is 6.14. The molecular weight excluding hydrogens is 1630 g/mol. The monoisotopic (exact) mass is 1750 g/mol. The Morgan fingerprint density at radius 1 is 0.326 bits per heavy atom. The van der Waals surface area contributed by atoms with Crippen molar-refractivity contribution in [3.05, 3.63) is 324 Å². The van der Waals surface area contributed by atoms with Crippen molar-refractivity contribution in [3.63, 3.8) is 0 Å². The molecule has 4 aliphatic rings. The molecule has 0 fully saturated rings. The third-order valence-corrected chi connectivity index (χ3v) is 28.9. The van der Waals surface area contributed by atoms with Crippen molar-refractivity contribution in [2.24, 2.45) is 28.2 Å². The predicted molar refractivity (Wildman–Crippen MR) is 542 cm³/mol. The summed E-state index contributed by atoms with van der Waals surface area (Å²) < 4.78 is 34.4. The van der Waals surface area contributed by atoms with Crippen molar-refractivity contribution in [3.8, 4) is 0 Å². The van der Waals surface area contributed by atoms with Crippen LogP contribution in [-0.2, 0) is 50.3 Å². The number of aromatic nitrogens is 8. The molecule has 4 aliphatic heterocycles. The Morgan fingerprint density at radius 3 is 1.17 bits per heavy atom. The highest BCUT2D eigenvalue weighted by Gasteiger charge is 2.48. The number of imidazole rings is 1. The van der Waals surface area contributed by atoms with Gasteiger partial charge in [-0.15, -0.1) is 0 Å². The zero-order valence-corrected chi connectivity index (χ0v) is 80.3. The SMILES string of the molecule is Cc1ccc2c(n1)oc1c(N3C=CN(C(C)(C)c4cc(C)nn4C)[C@@H]3C)c(C)ccc12.Cc1ccc2c(n1)oc1c(N3C=CN(C(C)(C)c4cnc(C)n4C)[C@@H]3C)c(C)ccc12.Cc1ccc2c(oc3ccccc32)c1N1c2ccccc2N(C(C)(C)c2cc3ccccc3n2C)[C@@H]1C.Cc1ccc2c(oc3ccccc32)c1N1c2ccccc2N(C(C)(C)c2cccn2C)[C@@H]1C. The summed E-state index contributed by atoms with van der Waals surface area (Å²) in [7, 11) is 8.40. The van der Waals surface area contributed by atoms with E-state index in [2.05, 4.69) is 430 Å². The fourth-order valence-corrected chi connectivity index (χ4v) is 22.3. The number of nitrogens with zero attached hydrogens (tertiary/aromatic N) is 16. The number of rotatable bonds is 12. The Kier molecular flexibility index (Phi) is 20.6. The molecule has 0 radical (unpaired) electrons. The van der Waals surface area contributed by atoms with E-state index in [0.29, 0.717) is 11.4 Å². The number of fused-ring (bicyclic) bond motifs is 15. The van der Waals surface area contributed by atoms with Crippen molar-refractivity contribution in [2.45, 2.75) is 185 Å². The predicted octanol–water partition coefficient (Wildman–Crippen LogP) is 27.1. The molecule has 19 aromatic rings. The van der Waals surface area contributed by atoms with Gasteiger partial charge >= 0.3 is 0 Å². The van der Waals surface area contributed by atoms with Crippen LogP contribution in [0.3, 0.4) is 0 Å². The van der Waals surface area contributed by atoms with Crippen LogP contribution in [0.15, 0.2) is 273 Å². The Labute approximate surface area is 772 Å². The number of aryl methyl sites for hydroxylation is 11. The molecule has 0 spiro atoms. The first kappa shape index (κ1) is 85.7. The van der Waals surface area contributed by atoms with Crippen molar-refractivity contribution in [1.82, 2.24) is 48.2 Å². The van der Waals surface area contributed by atoms with Gasteiger partial charge in [0, 0.05) is 131 Å². The molecule has 0 amide bonds. The molecule has 23 rings (SSSR count). The van der Waals surface area contributed by atoms with Gasteiger partial charge in [-0.1, -0.05) is 127 Å². The largest absolute Gasteiger partial charge is 0.454 e. The summed E-state index contributed by atoms with van der Waals surface area (Å²) in [5.74, 6) is 1.02. The molecule has 4 atom stereocenters. The molecule has 20 heteroatoms. The van der Waals surface area contributed by atoms with Gasteiger partial charge in [0.1, 0.15) is 41.7 Å². The minimum Gasteiger partial charge on any atom is -0.454 e. The molecule has 0 aliphatic carbocycles. The van der Waals surface area contributed by atoms with E-state index < -0.39 is 0 Å². The average Bonchev–Trinajstić information content (AvgIpc) is 1.56. The summed E-state index contributed by atoms with van der Waals surface area (Å²) >= 11 is 0. The molecule has 9 aromatic carbocycles. The molecule has 0 saturated heterocycles. The lowest BCUT2D eigenvalue weighted by atomic mass is 9.96. The zero-order valence-electron chi connectivity index (χ0n) is 80.3. The number of hydrogen-bond acceptors (Lipinski definition) is 16. The molecule has 0 bridgehead atoms. The summed E-state index contributed by atoms with van der Waals surface area (Å²) in [6.45, 7) is 44.1. The van der Waals surface area contributed by atoms with Crippen LogP contribution >= 0.6 is 0 Å². The average molecular weight is 1750 g/mol. The van der Waals surface area contributed by atoms with Crippen LogP contribution in [0.4, 0.5) is 45.5 Å². The number of benzene rings is 9. The van der Waals surface area contributed by atoms with Gasteiger partial charge in [0.15, 0.2) is 22.3 Å². The third kappa shape index (κ3) is 13.5. The summed E-state index contributed by atoms with van der Waals surface area (Å²) in [5, 5.41) is 14.8. The van der Waals surface area contributed by atoms with Crippen molar-refractivity contribution in [2.75, 3.05) is 29.4 Å². The van der Waals surface area contributed by atoms with Crippen LogP contribution in [0.25, 0.3) is 98.9 Å². The fraction of sp³-hybridized carbons (Fsp3) is 0.286. The van der Waals surface area contributed by atoms with E-state index in [4.69, 9.17) is 17.7 Å². The van der Waals surface area contributed by atoms with Crippen LogP contribution < -0.4 is 29.4 Å². The van der Waals surface area contributed by atoms with Gasteiger partial charge in [-0.3, -0.25) is 4.68 Å². The number of pyridine rings is 2. The number of para-hydroxylation sites is 7. The van der Waals surface area contributed by atoms with Crippen LogP contribution in [-0.4, -0.2) is 72.9 Å². The molecule has 0 saturated carbocycles. The molecule has 0 N–H and O–H groups in total. The van der Waals surface area contributed by atoms with Crippen LogP contribution in [0.2, 0.25) is 0 Å². The molecule has 0 unspecified atom stereocenters. The van der Waals surface area contributed by atoms with E-state index in [1.54, 1.807) is 0 Å². The van der Waals surface area contributed by atoms with Gasteiger partial charge in [0.05, 0.1) is 90.9 Å². The minimum atomic E-state index is -0.270. The van der Waals surface area contributed by atoms with E-state index >= 15 is 0 Å². The minimum absolute atomic E-state index is 0.0722. The molecular formula is C112H118N16O4. The molecule has 10 aromatic heterocycles. The lowest BCUT2D eigenvalue weighted by Gasteiger charge is -2.42. The summed E-state index contributed by atoms with van der Waals surface area (Å²) in [6, 6.07) is 77.4. The normalized spacial score (nSPS) is 16.5. The number of hydrogen-bond donors (Lipinski definition) is 0. The summed E-state index contributed by atoms with van der Waals surface area (Å²) in [4.78, 5) is 33.2. The first-order chi connectivity index (χ1) is 63.1. The summed E-state index contributed by atoms with van der Waals surface area (Å²) in [5.41, 5.74) is 29.3. The Bertz CT molecular complexity index is 7670. The van der Waals surface area contributed by atoms with Crippen molar-refractivity contribution >= 4 is 144 Å². The number of furan rings is 4. The van der Waals surface area contributed by atoms with E-state index in [-0.39, 0.29) is 46.8 Å². The highest BCUT2D eigenvalue weighted by atomic mass is 16.4. The molecule has 20 nitrogen and oxygen atoms in total. The van der Waals surface area contributed by atoms with Crippen molar-refractivity contribution < 1.29 is 17.7 Å². The maximum absolute atomic E-state index is 6.54. The zero-order chi connectivity index (χ0) is 92.5. The van der Waals surface area contributed by atoms with Gasteiger partial charge in [0.25, 0.3) is 0 Å². The van der Waals surface area contributed by atoms with Crippen LogP contribution in [0.1, 0.15) is 151 Å². The van der Waals surface area contributed by atoms with Crippen LogP contribution in [0, 0.1) is 55.4 Å². The molecule has 132 heavy (non-hydrogen) atoms. The van der Waals surface area contributed by atoms with Gasteiger partial charge in [-0.25, -0.2) is 15.0 Å². The van der Waals surface area contributed by atoms with Gasteiger partial charge < -0.3 is 70.6 Å². The molecule has 14 heterocycles. The van der Waals surface area contributed by atoms with E-state index in [0.717, 1.165) is 122 Å². The highest BCUT2D eigenvalue weighted by Crippen LogP contribution is 2.56. The lowest BCUT2D eigenvalue weighted by molar-refractivity contribution is 0.143. The van der Waals surface area contributed by atoms with E-state index in [9.17, 15) is 0 Å². The van der Waals surface area contributed by atoms with Crippen molar-refractivity contribution in [1.29, 1.82) is 0 Å². The van der Waals surface area contributed by atoms with Gasteiger partial charge in [-0.2, -0.15) is 5.10 Å². The van der Waals surface area contributed by atoms with E-state index in [1.165, 1.54) is 78.7 Å². The maximum Gasteiger partial charge on any atom is 0.227 e. The summed E-state index contributed by atoms with van der Waals surface area (Å²) in [6.07, 6.45) is 13.2. The first-order valence-corrected chi connectivity index (χ1v) is 46.1. The second-order valence-electron chi connectivity index (χ2n) is 38.6. The maximum atomic E-state index is 6.54. The van der Waals surface area contributed by atoms with Gasteiger partial charge in [0.2, 0.25) is 11.4 Å². The second-order valence-corrected chi connectivity index (χ2v) is 38.6. The smallest absolute Gasteiger partial charge is 0.227 e. The third-order valence-electron chi connectivity index (χ3n) is 28.9. The Hall–Kier alpha value is -14.4. The van der Waals surface area contributed by atoms with Crippen LogP contribution in [0.5, 0.6) is 0 Å². The lowest BCUT2D eigenvalue weighted by Crippen LogP contribution is -2.50. The number of anilines is 8.